The predicted molar refractivity (Wildman–Crippen MR) is 93.0 cm³/mol. The topological polar surface area (TPSA) is 23.6 Å². The van der Waals surface area contributed by atoms with Gasteiger partial charge in [0.25, 0.3) is 0 Å². The van der Waals surface area contributed by atoms with Crippen LogP contribution in [-0.2, 0) is 0 Å². The molecule has 0 aromatic heterocycles. The fraction of sp³-hybridized carbons (Fsp3) is 0.611. The highest BCUT2D eigenvalue weighted by atomic mass is 32.2. The van der Waals surface area contributed by atoms with Gasteiger partial charge in [-0.2, -0.15) is 0 Å². The number of rotatable bonds is 5. The molecule has 0 radical (unpaired) electrons. The monoisotopic (exact) mass is 318 g/mol. The van der Waals surface area contributed by atoms with Crippen molar-refractivity contribution in [2.75, 3.05) is 26.2 Å². The maximum absolute atomic E-state index is 13.0. The van der Waals surface area contributed by atoms with Gasteiger partial charge in [-0.15, -0.1) is 0 Å². The van der Waals surface area contributed by atoms with Crippen LogP contribution in [0.25, 0.3) is 0 Å². The second kappa shape index (κ2) is 8.14. The first kappa shape index (κ1) is 16.0. The van der Waals surface area contributed by atoms with Crippen molar-refractivity contribution in [1.82, 2.24) is 9.21 Å². The summed E-state index contributed by atoms with van der Waals surface area (Å²) in [4.78, 5) is 15.4. The number of Topliss-reactive ketones (excluding diaryl/α,β-unsaturated/α-hetero) is 1. The summed E-state index contributed by atoms with van der Waals surface area (Å²) in [5.74, 6) is 0.276. The van der Waals surface area contributed by atoms with Gasteiger partial charge in [0.15, 0.2) is 5.78 Å². The standard InChI is InChI=1S/C18H26N2OS/c21-17(16-10-4-1-5-11-16)18(19-12-6-2-7-13-19)22-20-14-8-3-9-15-20/h1,4-5,10-11,18H,2-3,6-9,12-15H2. The molecule has 4 heteroatoms. The van der Waals surface area contributed by atoms with Gasteiger partial charge in [0.05, 0.1) is 0 Å². The summed E-state index contributed by atoms with van der Waals surface area (Å²) in [5, 5.41) is -0.0409. The first-order valence-corrected chi connectivity index (χ1v) is 9.43. The molecule has 0 N–H and O–H groups in total. The normalized spacial score (nSPS) is 22.4. The van der Waals surface area contributed by atoms with E-state index in [4.69, 9.17) is 0 Å². The summed E-state index contributed by atoms with van der Waals surface area (Å²) < 4.78 is 2.42. The number of piperidine rings is 2. The van der Waals surface area contributed by atoms with Crippen LogP contribution in [0.1, 0.15) is 48.9 Å². The molecule has 1 aromatic carbocycles. The van der Waals surface area contributed by atoms with E-state index in [1.54, 1.807) is 11.9 Å². The van der Waals surface area contributed by atoms with Crippen molar-refractivity contribution < 1.29 is 4.79 Å². The van der Waals surface area contributed by atoms with Gasteiger partial charge in [0, 0.05) is 18.7 Å². The van der Waals surface area contributed by atoms with Crippen LogP contribution in [0.15, 0.2) is 30.3 Å². The first-order chi connectivity index (χ1) is 10.8. The molecule has 1 atom stereocenters. The number of hydrogen-bond acceptors (Lipinski definition) is 4. The van der Waals surface area contributed by atoms with Crippen molar-refractivity contribution in [2.24, 2.45) is 0 Å². The summed E-state index contributed by atoms with van der Waals surface area (Å²) in [6, 6.07) is 9.81. The Morgan fingerprint density at radius 1 is 0.864 bits per heavy atom. The van der Waals surface area contributed by atoms with Gasteiger partial charge in [0.1, 0.15) is 5.37 Å². The lowest BCUT2D eigenvalue weighted by molar-refractivity contribution is 0.0880. The number of carbonyl (C=O) groups is 1. The molecule has 0 aliphatic carbocycles. The Kier molecular flexibility index (Phi) is 5.93. The molecule has 2 heterocycles. The third kappa shape index (κ3) is 4.12. The largest absolute Gasteiger partial charge is 0.291 e. The number of nitrogens with zero attached hydrogens (tertiary/aromatic N) is 2. The number of hydrogen-bond donors (Lipinski definition) is 0. The zero-order valence-corrected chi connectivity index (χ0v) is 14.1. The Balaban J connectivity index is 1.73. The molecule has 0 bridgehead atoms. The third-order valence-electron chi connectivity index (χ3n) is 4.57. The van der Waals surface area contributed by atoms with Gasteiger partial charge in [-0.05, 0) is 38.8 Å². The smallest absolute Gasteiger partial charge is 0.191 e. The molecule has 120 valence electrons. The molecule has 1 aromatic rings. The van der Waals surface area contributed by atoms with Crippen LogP contribution < -0.4 is 0 Å². The van der Waals surface area contributed by atoms with E-state index in [1.165, 1.54) is 38.5 Å². The summed E-state index contributed by atoms with van der Waals surface area (Å²) in [5.41, 5.74) is 0.850. The fourth-order valence-electron chi connectivity index (χ4n) is 3.29. The SMILES string of the molecule is O=C(c1ccccc1)C(SN1CCCCC1)N1CCCCC1. The second-order valence-electron chi connectivity index (χ2n) is 6.27. The maximum atomic E-state index is 13.0. The molecule has 3 nitrogen and oxygen atoms in total. The molecular formula is C18H26N2OS. The zero-order valence-electron chi connectivity index (χ0n) is 13.2. The van der Waals surface area contributed by atoms with Crippen molar-refractivity contribution in [2.45, 2.75) is 43.9 Å². The lowest BCUT2D eigenvalue weighted by atomic mass is 10.1. The summed E-state index contributed by atoms with van der Waals surface area (Å²) in [6.45, 7) is 4.36. The Labute approximate surface area is 138 Å². The molecule has 22 heavy (non-hydrogen) atoms. The van der Waals surface area contributed by atoms with Crippen LogP contribution in [0.5, 0.6) is 0 Å². The van der Waals surface area contributed by atoms with Gasteiger partial charge in [0.2, 0.25) is 0 Å². The average molecular weight is 318 g/mol. The van der Waals surface area contributed by atoms with E-state index in [2.05, 4.69) is 9.21 Å². The Morgan fingerprint density at radius 2 is 1.45 bits per heavy atom. The average Bonchev–Trinajstić information content (AvgIpc) is 2.61. The van der Waals surface area contributed by atoms with E-state index < -0.39 is 0 Å². The zero-order chi connectivity index (χ0) is 15.2. The van der Waals surface area contributed by atoms with Crippen molar-refractivity contribution in [3.05, 3.63) is 35.9 Å². The Morgan fingerprint density at radius 3 is 2.09 bits per heavy atom. The van der Waals surface area contributed by atoms with Gasteiger partial charge in [-0.25, -0.2) is 4.31 Å². The molecule has 3 rings (SSSR count). The van der Waals surface area contributed by atoms with Gasteiger partial charge in [-0.3, -0.25) is 9.69 Å². The minimum absolute atomic E-state index is 0.0409. The lowest BCUT2D eigenvalue weighted by Gasteiger charge is -2.37. The fourth-order valence-corrected chi connectivity index (χ4v) is 4.62. The van der Waals surface area contributed by atoms with Crippen molar-refractivity contribution in [3.8, 4) is 0 Å². The molecule has 0 amide bonds. The molecule has 2 fully saturated rings. The number of benzene rings is 1. The van der Waals surface area contributed by atoms with Crippen LogP contribution in [-0.4, -0.2) is 46.5 Å². The molecule has 0 spiro atoms. The number of ketones is 1. The molecule has 2 saturated heterocycles. The molecule has 2 aliphatic heterocycles. The summed E-state index contributed by atoms with van der Waals surface area (Å²) in [7, 11) is 0. The number of likely N-dealkylation sites (tertiary alicyclic amines) is 1. The molecular weight excluding hydrogens is 292 g/mol. The maximum Gasteiger partial charge on any atom is 0.191 e. The summed E-state index contributed by atoms with van der Waals surface area (Å²) >= 11 is 1.78. The number of carbonyl (C=O) groups excluding carboxylic acids is 1. The van der Waals surface area contributed by atoms with E-state index in [9.17, 15) is 4.79 Å². The van der Waals surface area contributed by atoms with Gasteiger partial charge >= 0.3 is 0 Å². The quantitative estimate of drug-likeness (QED) is 0.608. The van der Waals surface area contributed by atoms with Crippen LogP contribution >= 0.6 is 11.9 Å². The van der Waals surface area contributed by atoms with E-state index in [1.807, 2.05) is 30.3 Å². The van der Waals surface area contributed by atoms with E-state index >= 15 is 0 Å². The van der Waals surface area contributed by atoms with Gasteiger partial charge in [-0.1, -0.05) is 55.1 Å². The first-order valence-electron chi connectivity index (χ1n) is 8.59. The summed E-state index contributed by atoms with van der Waals surface area (Å²) in [6.07, 6.45) is 7.60. The Hall–Kier alpha value is -0.840. The highest BCUT2D eigenvalue weighted by Crippen LogP contribution is 2.29. The Bertz CT molecular complexity index is 467. The van der Waals surface area contributed by atoms with Crippen molar-refractivity contribution in [3.63, 3.8) is 0 Å². The predicted octanol–water partition coefficient (Wildman–Crippen LogP) is 3.82. The van der Waals surface area contributed by atoms with Crippen molar-refractivity contribution in [1.29, 1.82) is 0 Å². The van der Waals surface area contributed by atoms with Crippen LogP contribution in [0.4, 0.5) is 0 Å². The highest BCUT2D eigenvalue weighted by Gasteiger charge is 2.31. The van der Waals surface area contributed by atoms with Crippen LogP contribution in [0.3, 0.4) is 0 Å². The molecule has 0 saturated carbocycles. The second-order valence-corrected chi connectivity index (χ2v) is 7.45. The third-order valence-corrected chi connectivity index (χ3v) is 5.94. The van der Waals surface area contributed by atoms with E-state index in [-0.39, 0.29) is 11.2 Å². The van der Waals surface area contributed by atoms with Crippen LogP contribution in [0, 0.1) is 0 Å². The van der Waals surface area contributed by atoms with Crippen molar-refractivity contribution >= 4 is 17.7 Å². The highest BCUT2D eigenvalue weighted by molar-refractivity contribution is 7.98. The minimum atomic E-state index is -0.0409. The molecule has 2 aliphatic rings. The van der Waals surface area contributed by atoms with E-state index in [0.717, 1.165) is 31.7 Å². The van der Waals surface area contributed by atoms with E-state index in [0.29, 0.717) is 0 Å². The minimum Gasteiger partial charge on any atom is -0.291 e. The van der Waals surface area contributed by atoms with Gasteiger partial charge < -0.3 is 0 Å². The van der Waals surface area contributed by atoms with Crippen LogP contribution in [0.2, 0.25) is 0 Å². The lowest BCUT2D eigenvalue weighted by Crippen LogP contribution is -2.44. The molecule has 1 unspecified atom stereocenters.